The highest BCUT2D eigenvalue weighted by atomic mass is 35.5. The number of aromatic carboxylic acids is 1. The summed E-state index contributed by atoms with van der Waals surface area (Å²) in [6.07, 6.45) is 3.33. The van der Waals surface area contributed by atoms with E-state index >= 15 is 0 Å². The van der Waals surface area contributed by atoms with Gasteiger partial charge in [0.15, 0.2) is 5.82 Å². The van der Waals surface area contributed by atoms with E-state index in [4.69, 9.17) is 21.1 Å². The number of nitrogens with zero attached hydrogens (tertiary/aromatic N) is 2. The maximum Gasteiger partial charge on any atom is 0.335 e. The number of carboxylic acid groups (broad SMARTS) is 1. The van der Waals surface area contributed by atoms with Gasteiger partial charge in [-0.1, -0.05) is 41.9 Å². The number of carboxylic acids is 1. The monoisotopic (exact) mass is 436 g/mol. The van der Waals surface area contributed by atoms with Gasteiger partial charge in [0.25, 0.3) is 0 Å². The summed E-state index contributed by atoms with van der Waals surface area (Å²) in [6.45, 7) is 0.568. The first-order valence-corrected chi connectivity index (χ1v) is 10.3. The molecule has 5 nitrogen and oxygen atoms in total. The van der Waals surface area contributed by atoms with Crippen molar-refractivity contribution in [3.05, 3.63) is 101 Å². The second kappa shape index (κ2) is 9.07. The van der Waals surface area contributed by atoms with Crippen LogP contribution in [0.25, 0.3) is 11.3 Å². The van der Waals surface area contributed by atoms with Crippen LogP contribution in [0, 0.1) is 0 Å². The molecule has 2 aromatic carbocycles. The van der Waals surface area contributed by atoms with Gasteiger partial charge in [0.1, 0.15) is 5.76 Å². The van der Waals surface area contributed by atoms with Gasteiger partial charge >= 0.3 is 5.97 Å². The van der Waals surface area contributed by atoms with Gasteiger partial charge in [-0.2, -0.15) is 0 Å². The van der Waals surface area contributed by atoms with E-state index < -0.39 is 5.97 Å². The Bertz CT molecular complexity index is 1130. The molecule has 150 valence electrons. The molecule has 0 unspecified atom stereocenters. The molecular weight excluding hydrogens is 420 g/mol. The summed E-state index contributed by atoms with van der Waals surface area (Å²) in [7, 11) is 0. The fourth-order valence-corrected chi connectivity index (χ4v) is 4.15. The Labute approximate surface area is 183 Å². The Kier molecular flexibility index (Phi) is 6.07. The van der Waals surface area contributed by atoms with Crippen LogP contribution in [0.5, 0.6) is 0 Å². The maximum atomic E-state index is 11.1. The molecule has 0 amide bonds. The summed E-state index contributed by atoms with van der Waals surface area (Å²) in [6, 6.07) is 22.2. The van der Waals surface area contributed by atoms with E-state index in [0.29, 0.717) is 23.1 Å². The Morgan fingerprint density at radius 1 is 1.07 bits per heavy atom. The molecule has 0 aliphatic heterocycles. The van der Waals surface area contributed by atoms with Gasteiger partial charge in [-0.15, -0.1) is 0 Å². The molecule has 30 heavy (non-hydrogen) atoms. The fourth-order valence-electron chi connectivity index (χ4n) is 2.88. The molecule has 7 heteroatoms. The topological polar surface area (TPSA) is 66.6 Å². The number of hydrogen-bond donors (Lipinski definition) is 1. The zero-order valence-electron chi connectivity index (χ0n) is 15.7. The van der Waals surface area contributed by atoms with Crippen molar-refractivity contribution in [3.8, 4) is 11.3 Å². The number of rotatable bonds is 7. The largest absolute Gasteiger partial charge is 0.478 e. The van der Waals surface area contributed by atoms with E-state index in [2.05, 4.69) is 4.98 Å². The summed E-state index contributed by atoms with van der Waals surface area (Å²) in [5.74, 6) is 0.358. The van der Waals surface area contributed by atoms with Gasteiger partial charge < -0.3 is 9.52 Å². The van der Waals surface area contributed by atoms with Gasteiger partial charge in [0.2, 0.25) is 0 Å². The minimum atomic E-state index is -0.953. The van der Waals surface area contributed by atoms with E-state index in [1.54, 1.807) is 36.7 Å². The lowest BCUT2D eigenvalue weighted by atomic mass is 10.2. The van der Waals surface area contributed by atoms with Gasteiger partial charge in [-0.05, 0) is 60.0 Å². The highest BCUT2D eigenvalue weighted by Crippen LogP contribution is 2.36. The Morgan fingerprint density at radius 3 is 2.47 bits per heavy atom. The molecule has 0 aliphatic rings. The average Bonchev–Trinajstić information content (AvgIpc) is 3.29. The summed E-state index contributed by atoms with van der Waals surface area (Å²) in [5, 5.41) is 9.61. The molecule has 0 saturated carbocycles. The normalized spacial score (nSPS) is 10.7. The van der Waals surface area contributed by atoms with Crippen LogP contribution < -0.4 is 4.31 Å². The molecular formula is C23H17ClN2O3S. The number of halogens is 1. The Balaban J connectivity index is 1.65. The summed E-state index contributed by atoms with van der Waals surface area (Å²) in [5.41, 5.74) is 2.14. The third-order valence-electron chi connectivity index (χ3n) is 4.35. The molecule has 1 N–H and O–H groups in total. The van der Waals surface area contributed by atoms with Gasteiger partial charge in [0, 0.05) is 16.7 Å². The van der Waals surface area contributed by atoms with Crippen LogP contribution in [0.2, 0.25) is 5.02 Å². The van der Waals surface area contributed by atoms with Gasteiger partial charge in [-0.3, -0.25) is 4.31 Å². The van der Waals surface area contributed by atoms with E-state index in [1.807, 2.05) is 52.8 Å². The first-order valence-electron chi connectivity index (χ1n) is 9.12. The molecule has 2 heterocycles. The lowest BCUT2D eigenvalue weighted by Gasteiger charge is -2.23. The molecule has 0 spiro atoms. The first-order chi connectivity index (χ1) is 14.6. The van der Waals surface area contributed by atoms with Crippen molar-refractivity contribution in [2.24, 2.45) is 0 Å². The van der Waals surface area contributed by atoms with Crippen molar-refractivity contribution in [1.29, 1.82) is 0 Å². The minimum Gasteiger partial charge on any atom is -0.478 e. The van der Waals surface area contributed by atoms with Gasteiger partial charge in [-0.25, -0.2) is 9.78 Å². The van der Waals surface area contributed by atoms with Crippen molar-refractivity contribution < 1.29 is 14.3 Å². The predicted molar refractivity (Wildman–Crippen MR) is 119 cm³/mol. The Morgan fingerprint density at radius 2 is 1.83 bits per heavy atom. The van der Waals surface area contributed by atoms with Crippen LogP contribution >= 0.6 is 23.5 Å². The van der Waals surface area contributed by atoms with E-state index in [0.717, 1.165) is 16.0 Å². The third-order valence-corrected chi connectivity index (χ3v) is 5.63. The molecule has 0 atom stereocenters. The van der Waals surface area contributed by atoms with Crippen molar-refractivity contribution in [3.63, 3.8) is 0 Å². The smallest absolute Gasteiger partial charge is 0.335 e. The number of aromatic nitrogens is 1. The highest BCUT2D eigenvalue weighted by molar-refractivity contribution is 8.00. The number of furan rings is 1. The van der Waals surface area contributed by atoms with Crippen LogP contribution in [-0.4, -0.2) is 16.1 Å². The summed E-state index contributed by atoms with van der Waals surface area (Å²) < 4.78 is 7.42. The van der Waals surface area contributed by atoms with Crippen molar-refractivity contribution in [2.45, 2.75) is 11.4 Å². The standard InChI is InChI=1S/C23H17ClN2O3S/c24-20-13-18(21-7-4-12-29-21)14-25-22(20)26(15-16-5-2-1-3-6-16)30-19-10-8-17(9-11-19)23(27)28/h1-14H,15H2,(H,27,28). The molecule has 0 aliphatic carbocycles. The lowest BCUT2D eigenvalue weighted by molar-refractivity contribution is 0.0697. The number of pyridine rings is 1. The van der Waals surface area contributed by atoms with E-state index in [9.17, 15) is 4.79 Å². The van der Waals surface area contributed by atoms with Crippen LogP contribution in [0.4, 0.5) is 5.82 Å². The molecule has 2 aromatic heterocycles. The van der Waals surface area contributed by atoms with Crippen LogP contribution in [0.15, 0.2) is 94.6 Å². The lowest BCUT2D eigenvalue weighted by Crippen LogP contribution is -2.15. The van der Waals surface area contributed by atoms with Crippen molar-refractivity contribution >= 4 is 35.3 Å². The summed E-state index contributed by atoms with van der Waals surface area (Å²) in [4.78, 5) is 16.6. The molecule has 0 radical (unpaired) electrons. The number of carbonyl (C=O) groups is 1. The zero-order valence-corrected chi connectivity index (χ0v) is 17.3. The number of anilines is 1. The predicted octanol–water partition coefficient (Wildman–Crippen LogP) is 6.41. The van der Waals surface area contributed by atoms with Gasteiger partial charge in [0.05, 0.1) is 23.4 Å². The SMILES string of the molecule is O=C(O)c1ccc(SN(Cc2ccccc2)c2ncc(-c3ccco3)cc2Cl)cc1. The third kappa shape index (κ3) is 4.67. The second-order valence-corrected chi connectivity index (χ2v) is 7.95. The van der Waals surface area contributed by atoms with E-state index in [-0.39, 0.29) is 5.56 Å². The molecule has 0 bridgehead atoms. The molecule has 0 fully saturated rings. The molecule has 0 saturated heterocycles. The van der Waals surface area contributed by atoms with Crippen molar-refractivity contribution in [2.75, 3.05) is 4.31 Å². The zero-order chi connectivity index (χ0) is 20.9. The average molecular weight is 437 g/mol. The van der Waals surface area contributed by atoms with Crippen LogP contribution in [0.3, 0.4) is 0 Å². The van der Waals surface area contributed by atoms with Crippen LogP contribution in [-0.2, 0) is 6.54 Å². The first kappa shape index (κ1) is 20.1. The molecule has 4 rings (SSSR count). The maximum absolute atomic E-state index is 11.1. The summed E-state index contributed by atoms with van der Waals surface area (Å²) >= 11 is 8.05. The van der Waals surface area contributed by atoms with Crippen molar-refractivity contribution in [1.82, 2.24) is 4.98 Å². The highest BCUT2D eigenvalue weighted by Gasteiger charge is 2.17. The number of benzene rings is 2. The Hall–Kier alpha value is -3.22. The van der Waals surface area contributed by atoms with Crippen LogP contribution in [0.1, 0.15) is 15.9 Å². The fraction of sp³-hybridized carbons (Fsp3) is 0.0435. The number of hydrogen-bond acceptors (Lipinski definition) is 5. The minimum absolute atomic E-state index is 0.243. The van der Waals surface area contributed by atoms with E-state index in [1.165, 1.54) is 11.9 Å². The second-order valence-electron chi connectivity index (χ2n) is 6.45. The molecule has 4 aromatic rings. The quantitative estimate of drug-likeness (QED) is 0.338.